The van der Waals surface area contributed by atoms with Gasteiger partial charge in [-0.1, -0.05) is 30.3 Å². The summed E-state index contributed by atoms with van der Waals surface area (Å²) in [6.07, 6.45) is 7.04. The van der Waals surface area contributed by atoms with Gasteiger partial charge in [0, 0.05) is 24.5 Å². The van der Waals surface area contributed by atoms with Crippen molar-refractivity contribution in [1.29, 1.82) is 0 Å². The molecule has 0 aromatic heterocycles. The highest BCUT2D eigenvalue weighted by molar-refractivity contribution is 5.90. The third kappa shape index (κ3) is 3.85. The molecule has 136 valence electrons. The van der Waals surface area contributed by atoms with Crippen molar-refractivity contribution in [3.63, 3.8) is 0 Å². The first kappa shape index (κ1) is 17.0. The first-order chi connectivity index (χ1) is 12.8. The first-order valence-electron chi connectivity index (χ1n) is 9.80. The molecule has 1 aliphatic carbocycles. The molecule has 1 atom stereocenters. The average Bonchev–Trinajstić information content (AvgIpc) is 2.69. The average molecular weight is 349 g/mol. The lowest BCUT2D eigenvalue weighted by Crippen LogP contribution is -2.34. The fourth-order valence-corrected chi connectivity index (χ4v) is 4.16. The van der Waals surface area contributed by atoms with E-state index in [-0.39, 0.29) is 12.1 Å². The summed E-state index contributed by atoms with van der Waals surface area (Å²) < 4.78 is 0. The molecule has 1 heterocycles. The molecule has 1 aliphatic heterocycles. The molecule has 1 saturated heterocycles. The molecule has 0 saturated carbocycles. The Hall–Kier alpha value is -2.49. The third-order valence-electron chi connectivity index (χ3n) is 5.50. The maximum atomic E-state index is 12.5. The van der Waals surface area contributed by atoms with Crippen LogP contribution in [0.2, 0.25) is 0 Å². The number of benzene rings is 2. The van der Waals surface area contributed by atoms with Gasteiger partial charge in [-0.3, -0.25) is 0 Å². The van der Waals surface area contributed by atoms with Crippen molar-refractivity contribution < 1.29 is 4.79 Å². The minimum absolute atomic E-state index is 0.102. The number of rotatable bonds is 3. The quantitative estimate of drug-likeness (QED) is 0.830. The molecule has 0 spiro atoms. The molecule has 26 heavy (non-hydrogen) atoms. The number of nitrogens with zero attached hydrogens (tertiary/aromatic N) is 1. The number of amides is 2. The number of aryl methyl sites for hydroxylation is 1. The molecule has 2 aromatic carbocycles. The van der Waals surface area contributed by atoms with Crippen molar-refractivity contribution in [2.75, 3.05) is 23.3 Å². The number of fused-ring (bicyclic) bond motifs is 1. The molecule has 4 heteroatoms. The Balaban J connectivity index is 1.41. The van der Waals surface area contributed by atoms with Gasteiger partial charge in [0.2, 0.25) is 0 Å². The molecule has 2 aliphatic rings. The van der Waals surface area contributed by atoms with Gasteiger partial charge in [0.15, 0.2) is 0 Å². The molecule has 4 nitrogen and oxygen atoms in total. The van der Waals surface area contributed by atoms with E-state index in [9.17, 15) is 4.79 Å². The van der Waals surface area contributed by atoms with Gasteiger partial charge < -0.3 is 15.5 Å². The van der Waals surface area contributed by atoms with E-state index < -0.39 is 0 Å². The van der Waals surface area contributed by atoms with E-state index >= 15 is 0 Å². The van der Waals surface area contributed by atoms with E-state index in [1.807, 2.05) is 12.1 Å². The number of urea groups is 1. The van der Waals surface area contributed by atoms with E-state index in [0.717, 1.165) is 38.0 Å². The van der Waals surface area contributed by atoms with E-state index in [4.69, 9.17) is 0 Å². The molecule has 2 N–H and O–H groups in total. The molecule has 1 fully saturated rings. The largest absolute Gasteiger partial charge is 0.371 e. The highest BCUT2D eigenvalue weighted by Gasteiger charge is 2.21. The second kappa shape index (κ2) is 7.81. The fourth-order valence-electron chi connectivity index (χ4n) is 4.16. The summed E-state index contributed by atoms with van der Waals surface area (Å²) >= 11 is 0. The second-order valence-electron chi connectivity index (χ2n) is 7.34. The number of anilines is 2. The summed E-state index contributed by atoms with van der Waals surface area (Å²) in [5.74, 6) is 0. The van der Waals surface area contributed by atoms with Crippen molar-refractivity contribution in [1.82, 2.24) is 5.32 Å². The Kier molecular flexibility index (Phi) is 5.09. The van der Waals surface area contributed by atoms with Gasteiger partial charge in [-0.2, -0.15) is 0 Å². The van der Waals surface area contributed by atoms with Crippen molar-refractivity contribution in [3.8, 4) is 0 Å². The Morgan fingerprint density at radius 3 is 2.69 bits per heavy atom. The fraction of sp³-hybridized carbons (Fsp3) is 0.409. The van der Waals surface area contributed by atoms with Gasteiger partial charge in [-0.05, 0) is 67.9 Å². The number of hydrogen-bond donors (Lipinski definition) is 2. The van der Waals surface area contributed by atoms with Crippen LogP contribution in [-0.4, -0.2) is 19.1 Å². The summed E-state index contributed by atoms with van der Waals surface area (Å²) in [6, 6.07) is 16.6. The smallest absolute Gasteiger partial charge is 0.319 e. The maximum absolute atomic E-state index is 12.5. The van der Waals surface area contributed by atoms with Crippen molar-refractivity contribution >= 4 is 17.4 Å². The van der Waals surface area contributed by atoms with E-state index in [1.165, 1.54) is 36.1 Å². The van der Waals surface area contributed by atoms with Crippen LogP contribution >= 0.6 is 0 Å². The molecule has 2 amide bonds. The minimum Gasteiger partial charge on any atom is -0.371 e. The molecule has 0 bridgehead atoms. The van der Waals surface area contributed by atoms with Crippen molar-refractivity contribution in [3.05, 3.63) is 59.7 Å². The zero-order chi connectivity index (χ0) is 17.8. The monoisotopic (exact) mass is 349 g/mol. The van der Waals surface area contributed by atoms with Gasteiger partial charge in [0.05, 0.1) is 6.04 Å². The van der Waals surface area contributed by atoms with Crippen LogP contribution in [0.5, 0.6) is 0 Å². The number of carbonyl (C=O) groups excluding carboxylic acids is 1. The molecular weight excluding hydrogens is 322 g/mol. The van der Waals surface area contributed by atoms with E-state index in [0.29, 0.717) is 0 Å². The summed E-state index contributed by atoms with van der Waals surface area (Å²) in [4.78, 5) is 14.9. The lowest BCUT2D eigenvalue weighted by molar-refractivity contribution is 0.247. The predicted octanol–water partition coefficient (Wildman–Crippen LogP) is 4.88. The maximum Gasteiger partial charge on any atom is 0.319 e. The zero-order valence-corrected chi connectivity index (χ0v) is 15.2. The van der Waals surface area contributed by atoms with Gasteiger partial charge in [0.1, 0.15) is 0 Å². The lowest BCUT2D eigenvalue weighted by Gasteiger charge is -2.29. The molecule has 1 unspecified atom stereocenters. The highest BCUT2D eigenvalue weighted by Crippen LogP contribution is 2.29. The Bertz CT molecular complexity index is 767. The van der Waals surface area contributed by atoms with Crippen LogP contribution in [0.15, 0.2) is 48.5 Å². The Labute approximate surface area is 155 Å². The summed E-state index contributed by atoms with van der Waals surface area (Å²) in [7, 11) is 0. The number of hydrogen-bond acceptors (Lipinski definition) is 2. The third-order valence-corrected chi connectivity index (χ3v) is 5.50. The predicted molar refractivity (Wildman–Crippen MR) is 107 cm³/mol. The molecule has 0 radical (unpaired) electrons. The summed E-state index contributed by atoms with van der Waals surface area (Å²) in [5.41, 5.74) is 4.67. The molecular formula is C22H27N3O. The van der Waals surface area contributed by atoms with Crippen LogP contribution in [-0.2, 0) is 6.42 Å². The Morgan fingerprint density at radius 2 is 1.81 bits per heavy atom. The molecule has 2 aromatic rings. The number of nitrogens with one attached hydrogen (secondary N) is 2. The summed E-state index contributed by atoms with van der Waals surface area (Å²) in [5, 5.41) is 6.18. The van der Waals surface area contributed by atoms with Crippen LogP contribution in [0.1, 0.15) is 49.3 Å². The standard InChI is InChI=1S/C22H27N3O/c26-22(24-21-13-6-9-17-8-2-3-12-20(17)21)23-18-10-7-11-19(16-18)25-14-4-1-5-15-25/h2-3,7-8,10-12,16,21H,1,4-6,9,13-15H2,(H2,23,24,26). The topological polar surface area (TPSA) is 44.4 Å². The van der Waals surface area contributed by atoms with Crippen LogP contribution in [0.25, 0.3) is 0 Å². The summed E-state index contributed by atoms with van der Waals surface area (Å²) in [6.45, 7) is 2.21. The number of carbonyl (C=O) groups is 1. The first-order valence-corrected chi connectivity index (χ1v) is 9.80. The van der Waals surface area contributed by atoms with Crippen LogP contribution in [0, 0.1) is 0 Å². The Morgan fingerprint density at radius 1 is 0.962 bits per heavy atom. The SMILES string of the molecule is O=C(Nc1cccc(N2CCCCC2)c1)NC1CCCc2ccccc21. The van der Waals surface area contributed by atoms with E-state index in [2.05, 4.69) is 51.9 Å². The highest BCUT2D eigenvalue weighted by atomic mass is 16.2. The second-order valence-corrected chi connectivity index (χ2v) is 7.34. The van der Waals surface area contributed by atoms with E-state index in [1.54, 1.807) is 0 Å². The van der Waals surface area contributed by atoms with Crippen LogP contribution < -0.4 is 15.5 Å². The number of piperidine rings is 1. The van der Waals surface area contributed by atoms with Gasteiger partial charge >= 0.3 is 6.03 Å². The van der Waals surface area contributed by atoms with Gasteiger partial charge in [-0.15, -0.1) is 0 Å². The lowest BCUT2D eigenvalue weighted by atomic mass is 9.88. The van der Waals surface area contributed by atoms with Crippen LogP contribution in [0.3, 0.4) is 0 Å². The minimum atomic E-state index is -0.123. The van der Waals surface area contributed by atoms with Gasteiger partial charge in [0.25, 0.3) is 0 Å². The van der Waals surface area contributed by atoms with Crippen molar-refractivity contribution in [2.45, 2.75) is 44.6 Å². The normalized spacial score (nSPS) is 19.5. The van der Waals surface area contributed by atoms with Gasteiger partial charge in [-0.25, -0.2) is 4.79 Å². The zero-order valence-electron chi connectivity index (χ0n) is 15.2. The molecule has 4 rings (SSSR count). The van der Waals surface area contributed by atoms with Crippen LogP contribution in [0.4, 0.5) is 16.2 Å². The van der Waals surface area contributed by atoms with Crippen molar-refractivity contribution in [2.24, 2.45) is 0 Å².